The van der Waals surface area contributed by atoms with Crippen LogP contribution in [0.15, 0.2) is 24.5 Å². The van der Waals surface area contributed by atoms with Gasteiger partial charge in [0.05, 0.1) is 36.6 Å². The minimum Gasteiger partial charge on any atom is -0.465 e. The van der Waals surface area contributed by atoms with Crippen LogP contribution in [-0.2, 0) is 42.9 Å². The number of carbonyl (C=O) groups excluding carboxylic acids is 1. The average molecular weight is 579 g/mol. The van der Waals surface area contributed by atoms with Gasteiger partial charge < -0.3 is 13.7 Å². The molecule has 1 heterocycles. The van der Waals surface area contributed by atoms with Gasteiger partial charge in [-0.2, -0.15) is 30.0 Å². The molecule has 0 aromatic rings. The van der Waals surface area contributed by atoms with Crippen molar-refractivity contribution in [3.63, 3.8) is 0 Å². The molecule has 1 rings (SSSR count). The maximum atomic E-state index is 12.6. The molecule has 0 amide bonds. The first kappa shape index (κ1) is 33.4. The zero-order chi connectivity index (χ0) is 28.8. The summed E-state index contributed by atoms with van der Waals surface area (Å²) in [7, 11) is -9.82. The summed E-state index contributed by atoms with van der Waals surface area (Å²) < 4.78 is 104. The highest BCUT2D eigenvalue weighted by Gasteiger charge is 2.49. The van der Waals surface area contributed by atoms with Crippen molar-refractivity contribution in [1.29, 1.82) is 0 Å². The lowest BCUT2D eigenvalue weighted by Gasteiger charge is -2.23. The Morgan fingerprint density at radius 1 is 1.16 bits per heavy atom. The maximum absolute atomic E-state index is 12.6. The molecule has 0 bridgehead atoms. The van der Waals surface area contributed by atoms with E-state index < -0.39 is 55.0 Å². The number of carbonyl (C=O) groups is 1. The second kappa shape index (κ2) is 12.9. The molecule has 0 spiro atoms. The number of allylic oxidation sites excluding steroid dienone is 1. The molecule has 9 nitrogen and oxygen atoms in total. The molecule has 1 fully saturated rings. The monoisotopic (exact) mass is 578 g/mol. The van der Waals surface area contributed by atoms with Gasteiger partial charge in [0.25, 0.3) is 10.1 Å². The molecule has 14 heteroatoms. The van der Waals surface area contributed by atoms with Crippen LogP contribution in [0.1, 0.15) is 66.2 Å². The minimum atomic E-state index is -5.89. The third-order valence-electron chi connectivity index (χ3n) is 5.55. The Labute approximate surface area is 217 Å². The van der Waals surface area contributed by atoms with Crippen molar-refractivity contribution < 1.29 is 52.6 Å². The summed E-state index contributed by atoms with van der Waals surface area (Å²) in [5, 5.41) is 0. The van der Waals surface area contributed by atoms with Crippen LogP contribution in [0.4, 0.5) is 13.2 Å². The SMILES string of the molecule is C=C(OS(=O)(=O)C(F)(F)F)[C@H](C)C[C@@H](CC[C@@H]1OC(CCCOC(=O)C(C)(C)C)CC1=C)OS(C)(=O)=O. The minimum absolute atomic E-state index is 0.135. The van der Waals surface area contributed by atoms with Crippen LogP contribution in [0.2, 0.25) is 0 Å². The van der Waals surface area contributed by atoms with Gasteiger partial charge in [0, 0.05) is 5.92 Å². The van der Waals surface area contributed by atoms with Gasteiger partial charge in [-0.1, -0.05) is 20.1 Å². The van der Waals surface area contributed by atoms with E-state index in [4.69, 9.17) is 13.7 Å². The molecule has 1 saturated heterocycles. The molecule has 0 aromatic heterocycles. The standard InChI is InChI=1S/C23H37F3O9S2/c1-15(17(3)34-37(30,31)23(24,25)26)13-19(35-36(7,28)29)10-11-20-16(2)14-18(33-20)9-8-12-32-21(27)22(4,5)6/h15,18-20H,2-3,8-14H2,1,4-7H3/t15-,18?,19-,20+/m1/s1. The normalized spacial score (nSPS) is 20.9. The first-order valence-electron chi connectivity index (χ1n) is 11.7. The van der Waals surface area contributed by atoms with E-state index in [0.29, 0.717) is 25.7 Å². The zero-order valence-corrected chi connectivity index (χ0v) is 23.4. The van der Waals surface area contributed by atoms with Crippen molar-refractivity contribution in [1.82, 2.24) is 0 Å². The Hall–Kier alpha value is -1.64. The van der Waals surface area contributed by atoms with Gasteiger partial charge in [-0.3, -0.25) is 8.98 Å². The molecule has 1 aliphatic heterocycles. The summed E-state index contributed by atoms with van der Waals surface area (Å²) in [4.78, 5) is 11.8. The van der Waals surface area contributed by atoms with Gasteiger partial charge in [-0.15, -0.1) is 0 Å². The molecule has 1 aliphatic rings. The van der Waals surface area contributed by atoms with Crippen LogP contribution < -0.4 is 0 Å². The van der Waals surface area contributed by atoms with Crippen molar-refractivity contribution in [3.8, 4) is 0 Å². The average Bonchev–Trinajstić information content (AvgIpc) is 3.05. The fourth-order valence-corrected chi connectivity index (χ4v) is 4.73. The summed E-state index contributed by atoms with van der Waals surface area (Å²) >= 11 is 0. The van der Waals surface area contributed by atoms with Gasteiger partial charge in [-0.05, 0) is 64.9 Å². The highest BCUT2D eigenvalue weighted by Crippen LogP contribution is 2.33. The van der Waals surface area contributed by atoms with Gasteiger partial charge in [0.1, 0.15) is 5.76 Å². The number of ether oxygens (including phenoxy) is 2. The van der Waals surface area contributed by atoms with E-state index in [2.05, 4.69) is 17.3 Å². The fourth-order valence-electron chi connectivity index (χ4n) is 3.52. The first-order chi connectivity index (χ1) is 16.6. The van der Waals surface area contributed by atoms with Gasteiger partial charge in [-0.25, -0.2) is 0 Å². The molecule has 216 valence electrons. The Bertz CT molecular complexity index is 1030. The van der Waals surface area contributed by atoms with E-state index >= 15 is 0 Å². The highest BCUT2D eigenvalue weighted by molar-refractivity contribution is 7.87. The van der Waals surface area contributed by atoms with Crippen molar-refractivity contribution >= 4 is 26.2 Å². The number of rotatable bonds is 14. The summed E-state index contributed by atoms with van der Waals surface area (Å²) in [5.74, 6) is -1.95. The summed E-state index contributed by atoms with van der Waals surface area (Å²) in [6, 6.07) is 0. The molecule has 0 saturated carbocycles. The van der Waals surface area contributed by atoms with E-state index in [1.54, 1.807) is 20.8 Å². The van der Waals surface area contributed by atoms with Gasteiger partial charge in [0.15, 0.2) is 0 Å². The molecule has 0 aliphatic carbocycles. The lowest BCUT2D eigenvalue weighted by atomic mass is 9.96. The lowest BCUT2D eigenvalue weighted by Crippen LogP contribution is -2.28. The molecule has 37 heavy (non-hydrogen) atoms. The Kier molecular flexibility index (Phi) is 11.7. The number of esters is 1. The van der Waals surface area contributed by atoms with Crippen LogP contribution in [0, 0.1) is 11.3 Å². The van der Waals surface area contributed by atoms with E-state index in [0.717, 1.165) is 11.8 Å². The number of halogens is 3. The van der Waals surface area contributed by atoms with Crippen LogP contribution in [0.3, 0.4) is 0 Å². The highest BCUT2D eigenvalue weighted by atomic mass is 32.2. The predicted octanol–water partition coefficient (Wildman–Crippen LogP) is 4.60. The van der Waals surface area contributed by atoms with Crippen molar-refractivity contribution in [2.24, 2.45) is 11.3 Å². The first-order valence-corrected chi connectivity index (χ1v) is 14.9. The van der Waals surface area contributed by atoms with E-state index in [-0.39, 0.29) is 31.5 Å². The Balaban J connectivity index is 2.66. The van der Waals surface area contributed by atoms with Crippen molar-refractivity contribution in [2.45, 2.75) is 90.0 Å². The molecule has 0 aromatic carbocycles. The second-order valence-corrected chi connectivity index (χ2v) is 13.4. The molecule has 1 unspecified atom stereocenters. The van der Waals surface area contributed by atoms with Gasteiger partial charge in [0.2, 0.25) is 0 Å². The maximum Gasteiger partial charge on any atom is 0.534 e. The summed E-state index contributed by atoms with van der Waals surface area (Å²) in [6.07, 6.45) is 1.36. The van der Waals surface area contributed by atoms with Crippen LogP contribution in [-0.4, -0.2) is 59.5 Å². The number of alkyl halides is 3. The number of hydrogen-bond acceptors (Lipinski definition) is 9. The van der Waals surface area contributed by atoms with Gasteiger partial charge >= 0.3 is 21.6 Å². The number of hydrogen-bond donors (Lipinski definition) is 0. The zero-order valence-electron chi connectivity index (χ0n) is 21.8. The lowest BCUT2D eigenvalue weighted by molar-refractivity contribution is -0.153. The van der Waals surface area contributed by atoms with E-state index in [1.807, 2.05) is 0 Å². The summed E-state index contributed by atoms with van der Waals surface area (Å²) in [6.45, 7) is 14.1. The largest absolute Gasteiger partial charge is 0.534 e. The van der Waals surface area contributed by atoms with Crippen LogP contribution in [0.5, 0.6) is 0 Å². The second-order valence-electron chi connectivity index (χ2n) is 10.2. The van der Waals surface area contributed by atoms with E-state index in [9.17, 15) is 34.8 Å². The van der Waals surface area contributed by atoms with Crippen molar-refractivity contribution in [3.05, 3.63) is 24.5 Å². The molecule has 4 atom stereocenters. The van der Waals surface area contributed by atoms with Crippen LogP contribution >= 0.6 is 0 Å². The quantitative estimate of drug-likeness (QED) is 0.0727. The predicted molar refractivity (Wildman–Crippen MR) is 130 cm³/mol. The van der Waals surface area contributed by atoms with Crippen molar-refractivity contribution in [2.75, 3.05) is 12.9 Å². The molecule has 0 radical (unpaired) electrons. The molecular weight excluding hydrogens is 541 g/mol. The molecule has 0 N–H and O–H groups in total. The third-order valence-corrected chi connectivity index (χ3v) is 7.17. The smallest absolute Gasteiger partial charge is 0.465 e. The van der Waals surface area contributed by atoms with E-state index in [1.165, 1.54) is 6.92 Å². The summed E-state index contributed by atoms with van der Waals surface area (Å²) in [5.41, 5.74) is -5.41. The fraction of sp³-hybridized carbons (Fsp3) is 0.783. The molecular formula is C23H37F3O9S2. The third kappa shape index (κ3) is 11.7. The topological polar surface area (TPSA) is 122 Å². The van der Waals surface area contributed by atoms with Crippen LogP contribution in [0.25, 0.3) is 0 Å². The Morgan fingerprint density at radius 3 is 2.27 bits per heavy atom. The Morgan fingerprint density at radius 2 is 1.76 bits per heavy atom.